The fourth-order valence-corrected chi connectivity index (χ4v) is 0.522. The lowest BCUT2D eigenvalue weighted by molar-refractivity contribution is 0.571. The van der Waals surface area contributed by atoms with E-state index in [9.17, 15) is 0 Å². The van der Waals surface area contributed by atoms with Crippen LogP contribution in [0.25, 0.3) is 0 Å². The van der Waals surface area contributed by atoms with E-state index in [1.54, 1.807) is 6.82 Å². The van der Waals surface area contributed by atoms with E-state index in [4.69, 9.17) is 44.9 Å². The third kappa shape index (κ3) is 4.62. The fraction of sp³-hybridized carbons (Fsp3) is 0.667. The Balaban J connectivity index is 3.87. The lowest BCUT2D eigenvalue weighted by atomic mass is 10.1. The molecular weight excluding hydrogens is 214 g/mol. The second-order valence-electron chi connectivity index (χ2n) is 1.65. The smallest absolute Gasteiger partial charge is 0.377 e. The maximum absolute atomic E-state index is 7.04. The summed E-state index contributed by atoms with van der Waals surface area (Å²) in [5.41, 5.74) is 0. The van der Waals surface area contributed by atoms with Gasteiger partial charge in [-0.1, -0.05) is 34.8 Å². The van der Waals surface area contributed by atoms with E-state index in [2.05, 4.69) is 9.12 Å². The first-order valence-electron chi connectivity index (χ1n) is 2.42. The van der Waals surface area contributed by atoms with E-state index >= 15 is 0 Å². The third-order valence-corrected chi connectivity index (χ3v) is 1.21. The van der Waals surface area contributed by atoms with Gasteiger partial charge in [-0.05, 0) is 6.82 Å². The largest absolute Gasteiger partial charge is 0.544 e. The van der Waals surface area contributed by atoms with Crippen molar-refractivity contribution in [3.8, 4) is 0 Å². The van der Waals surface area contributed by atoms with Gasteiger partial charge in [-0.25, -0.2) is 0 Å². The zero-order valence-corrected chi connectivity index (χ0v) is 8.62. The van der Waals surface area contributed by atoms with Crippen molar-refractivity contribution in [2.24, 2.45) is 0 Å². The molecule has 0 aliphatic rings. The van der Waals surface area contributed by atoms with Crippen molar-refractivity contribution in [3.05, 3.63) is 0 Å². The Morgan fingerprint density at radius 3 is 2.10 bits per heavy atom. The Morgan fingerprint density at radius 2 is 2.00 bits per heavy atom. The summed E-state index contributed by atoms with van der Waals surface area (Å²) in [5, 5.41) is 7.04. The summed E-state index contributed by atoms with van der Waals surface area (Å²) in [5.74, 6) is -0.361. The highest BCUT2D eigenvalue weighted by molar-refractivity contribution is 7.60. The summed E-state index contributed by atoms with van der Waals surface area (Å²) in [6.45, 7) is 1.50. The van der Waals surface area contributed by atoms with E-state index in [0.29, 0.717) is 0 Å². The van der Waals surface area contributed by atoms with Crippen LogP contribution in [0.3, 0.4) is 0 Å². The third-order valence-electron chi connectivity index (χ3n) is 0.561. The van der Waals surface area contributed by atoms with Crippen LogP contribution in [0, 0.1) is 5.41 Å². The highest BCUT2D eigenvalue weighted by atomic mass is 35.6. The number of hydrogen-bond donors (Lipinski definition) is 1. The zero-order valence-electron chi connectivity index (χ0n) is 5.20. The van der Waals surface area contributed by atoms with Crippen LogP contribution in [0.1, 0.15) is 0 Å². The van der Waals surface area contributed by atoms with E-state index in [-0.39, 0.29) is 12.5 Å². The average Bonchev–Trinajstić information content (AvgIpc) is 1.60. The Bertz CT molecular complexity index is 136. The first-order chi connectivity index (χ1) is 4.34. The van der Waals surface area contributed by atoms with Crippen LogP contribution in [0.15, 0.2) is 0 Å². The van der Waals surface area contributed by atoms with Crippen molar-refractivity contribution in [2.45, 2.75) is 10.6 Å². The molecule has 0 bridgehead atoms. The van der Waals surface area contributed by atoms with Gasteiger partial charge in [-0.15, -0.1) is 9.12 Å². The minimum Gasteiger partial charge on any atom is -0.544 e. The van der Waals surface area contributed by atoms with Crippen LogP contribution in [-0.2, 0) is 4.65 Å². The molecule has 0 fully saturated rings. The second-order valence-corrected chi connectivity index (χ2v) is 4.87. The number of halogens is 3. The number of rotatable bonds is 1. The van der Waals surface area contributed by atoms with Crippen LogP contribution in [0.2, 0.25) is 6.82 Å². The predicted octanol–water partition coefficient (Wildman–Crippen LogP) is 2.34. The molecule has 1 unspecified atom stereocenters. The summed E-state index contributed by atoms with van der Waals surface area (Å²) in [6.07, 6.45) is 0. The monoisotopic (exact) mass is 219 g/mol. The van der Waals surface area contributed by atoms with Gasteiger partial charge in [0.15, 0.2) is 0 Å². The summed E-state index contributed by atoms with van der Waals surface area (Å²) < 4.78 is 3.02. The van der Waals surface area contributed by atoms with Gasteiger partial charge >= 0.3 is 6.64 Å². The zero-order chi connectivity index (χ0) is 8.36. The Morgan fingerprint density at radius 1 is 1.60 bits per heavy atom. The molecule has 0 spiro atoms. The first-order valence-corrected chi connectivity index (χ1v) is 4.22. The van der Waals surface area contributed by atoms with Gasteiger partial charge < -0.3 is 4.65 Å². The van der Waals surface area contributed by atoms with Crippen molar-refractivity contribution in [1.29, 1.82) is 5.41 Å². The minimum absolute atomic E-state index is 0.219. The van der Waals surface area contributed by atoms with Crippen LogP contribution >= 0.6 is 43.9 Å². The van der Waals surface area contributed by atoms with Crippen LogP contribution in [0.5, 0.6) is 0 Å². The molecular formula is C3H6BCl3NOP. The Kier molecular flexibility index (Phi) is 4.35. The molecule has 1 atom stereocenters. The number of alkyl halides is 3. The molecule has 0 radical (unpaired) electrons. The summed E-state index contributed by atoms with van der Waals surface area (Å²) >= 11 is 15.9. The van der Waals surface area contributed by atoms with Crippen molar-refractivity contribution in [3.63, 3.8) is 0 Å². The molecule has 1 N–H and O–H groups in total. The van der Waals surface area contributed by atoms with Gasteiger partial charge in [-0.2, -0.15) is 0 Å². The molecule has 10 heavy (non-hydrogen) atoms. The molecule has 0 aromatic heterocycles. The molecule has 0 aliphatic carbocycles. The molecule has 0 heterocycles. The molecule has 0 saturated heterocycles. The molecule has 0 amide bonds. The highest BCUT2D eigenvalue weighted by Gasteiger charge is 2.29. The molecule has 2 nitrogen and oxygen atoms in total. The molecule has 7 heteroatoms. The van der Waals surface area contributed by atoms with Crippen LogP contribution in [0.4, 0.5) is 0 Å². The number of nitrogens with one attached hydrogen (secondary N) is 1. The second kappa shape index (κ2) is 4.01. The lowest BCUT2D eigenvalue weighted by Crippen LogP contribution is -2.24. The molecule has 0 aromatic carbocycles. The lowest BCUT2D eigenvalue weighted by Gasteiger charge is -2.14. The van der Waals surface area contributed by atoms with Crippen LogP contribution in [-0.4, -0.2) is 16.3 Å². The molecule has 0 aromatic rings. The van der Waals surface area contributed by atoms with Crippen molar-refractivity contribution in [1.82, 2.24) is 0 Å². The first kappa shape index (κ1) is 10.8. The van der Waals surface area contributed by atoms with Crippen molar-refractivity contribution >= 4 is 56.5 Å². The topological polar surface area (TPSA) is 33.1 Å². The van der Waals surface area contributed by atoms with Crippen molar-refractivity contribution in [2.75, 3.05) is 0 Å². The van der Waals surface area contributed by atoms with E-state index in [1.165, 1.54) is 0 Å². The predicted molar refractivity (Wildman–Crippen MR) is 50.4 cm³/mol. The Labute approximate surface area is 77.3 Å². The molecule has 0 aliphatic heterocycles. The van der Waals surface area contributed by atoms with Gasteiger partial charge in [0, 0.05) is 0 Å². The molecule has 58 valence electrons. The normalized spacial score (nSPS) is 10.9. The van der Waals surface area contributed by atoms with Gasteiger partial charge in [0.2, 0.25) is 5.90 Å². The van der Waals surface area contributed by atoms with Crippen molar-refractivity contribution < 1.29 is 4.65 Å². The SMILES string of the molecule is CB(P)OC(=N)C(Cl)(Cl)Cl. The minimum atomic E-state index is -1.75. The molecule has 0 saturated carbocycles. The van der Waals surface area contributed by atoms with Gasteiger partial charge in [0.1, 0.15) is 0 Å². The van der Waals surface area contributed by atoms with Gasteiger partial charge in [0.25, 0.3) is 3.79 Å². The van der Waals surface area contributed by atoms with E-state index in [1.807, 2.05) is 0 Å². The van der Waals surface area contributed by atoms with Gasteiger partial charge in [0.05, 0.1) is 0 Å². The fourth-order valence-electron chi connectivity index (χ4n) is 0.253. The number of hydrogen-bond acceptors (Lipinski definition) is 2. The highest BCUT2D eigenvalue weighted by Crippen LogP contribution is 2.28. The Hall–Kier alpha value is 0.835. The summed E-state index contributed by atoms with van der Waals surface area (Å²) in [4.78, 5) is 0. The molecule has 0 rings (SSSR count). The van der Waals surface area contributed by atoms with Crippen LogP contribution < -0.4 is 0 Å². The average molecular weight is 220 g/mol. The van der Waals surface area contributed by atoms with E-state index in [0.717, 1.165) is 0 Å². The van der Waals surface area contributed by atoms with Gasteiger partial charge in [-0.3, -0.25) is 5.41 Å². The standard InChI is InChI=1S/C3H6BCl3NOP/c1-4(10)9-2(8)3(5,6)7/h8H,10H2,1H3. The van der Waals surface area contributed by atoms with E-state index < -0.39 is 3.79 Å². The summed E-state index contributed by atoms with van der Waals surface area (Å²) in [6, 6.07) is 0. The maximum atomic E-state index is 7.04. The summed E-state index contributed by atoms with van der Waals surface area (Å²) in [7, 11) is 2.32. The quantitative estimate of drug-likeness (QED) is 0.238. The maximum Gasteiger partial charge on any atom is 0.377 e.